The zero-order valence-electron chi connectivity index (χ0n) is 14.5. The molecule has 5 heteroatoms. The zero-order valence-corrected chi connectivity index (χ0v) is 15.5. The van der Waals surface area contributed by atoms with Gasteiger partial charge in [0.1, 0.15) is 13.8 Å². The van der Waals surface area contributed by atoms with Crippen LogP contribution in [-0.2, 0) is 6.18 Å². The molecule has 0 unspecified atom stereocenters. The SMILES string of the molecule is CC(C)[Si](C#Cc1ccc(C(F)(F)F)cc1O)(C(C)C)C(C)C. The molecule has 0 aromatic heterocycles. The third kappa shape index (κ3) is 4.11. The van der Waals surface area contributed by atoms with Crippen molar-refractivity contribution in [1.29, 1.82) is 0 Å². The first-order valence-electron chi connectivity index (χ1n) is 7.86. The maximum Gasteiger partial charge on any atom is 0.416 e. The average molecular weight is 342 g/mol. The van der Waals surface area contributed by atoms with Gasteiger partial charge in [-0.15, -0.1) is 5.54 Å². The quantitative estimate of drug-likeness (QED) is 0.529. The Hall–Kier alpha value is -1.41. The number of hydrogen-bond acceptors (Lipinski definition) is 1. The van der Waals surface area contributed by atoms with Gasteiger partial charge in [-0.25, -0.2) is 0 Å². The summed E-state index contributed by atoms with van der Waals surface area (Å²) >= 11 is 0. The fraction of sp³-hybridized carbons (Fsp3) is 0.556. The highest BCUT2D eigenvalue weighted by Gasteiger charge is 2.41. The van der Waals surface area contributed by atoms with E-state index in [1.807, 2.05) is 0 Å². The first kappa shape index (κ1) is 19.6. The molecular weight excluding hydrogens is 317 g/mol. The second-order valence-corrected chi connectivity index (χ2v) is 12.5. The molecule has 0 fully saturated rings. The smallest absolute Gasteiger partial charge is 0.416 e. The van der Waals surface area contributed by atoms with E-state index >= 15 is 0 Å². The molecule has 23 heavy (non-hydrogen) atoms. The number of halogens is 3. The fourth-order valence-corrected chi connectivity index (χ4v) is 8.64. The highest BCUT2D eigenvalue weighted by atomic mass is 28.3. The average Bonchev–Trinajstić information content (AvgIpc) is 2.38. The van der Waals surface area contributed by atoms with E-state index in [4.69, 9.17) is 0 Å². The minimum absolute atomic E-state index is 0.261. The molecule has 0 spiro atoms. The van der Waals surface area contributed by atoms with Gasteiger partial charge in [0.2, 0.25) is 0 Å². The van der Waals surface area contributed by atoms with Gasteiger partial charge >= 0.3 is 6.18 Å². The van der Waals surface area contributed by atoms with Crippen LogP contribution in [0, 0.1) is 11.5 Å². The lowest BCUT2D eigenvalue weighted by Crippen LogP contribution is -2.43. The first-order valence-corrected chi connectivity index (χ1v) is 10.1. The Bertz CT molecular complexity index is 585. The Labute approximate surface area is 137 Å². The fourth-order valence-electron chi connectivity index (χ4n) is 3.42. The summed E-state index contributed by atoms with van der Waals surface area (Å²) in [6, 6.07) is 2.96. The number of phenols is 1. The molecule has 0 aliphatic rings. The van der Waals surface area contributed by atoms with Gasteiger partial charge in [0.05, 0.1) is 11.1 Å². The molecule has 0 heterocycles. The first-order chi connectivity index (χ1) is 10.4. The second kappa shape index (κ2) is 7.00. The Morgan fingerprint density at radius 2 is 1.43 bits per heavy atom. The lowest BCUT2D eigenvalue weighted by Gasteiger charge is -2.38. The van der Waals surface area contributed by atoms with Crippen molar-refractivity contribution in [2.75, 3.05) is 0 Å². The molecule has 0 aliphatic heterocycles. The zero-order chi connectivity index (χ0) is 18.0. The molecule has 1 aromatic rings. The van der Waals surface area contributed by atoms with Gasteiger partial charge in [0.25, 0.3) is 0 Å². The van der Waals surface area contributed by atoms with E-state index in [1.54, 1.807) is 0 Å². The van der Waals surface area contributed by atoms with Gasteiger partial charge in [-0.05, 0) is 34.8 Å². The maximum absolute atomic E-state index is 12.7. The van der Waals surface area contributed by atoms with Crippen LogP contribution in [0.25, 0.3) is 0 Å². The molecule has 0 amide bonds. The molecule has 0 radical (unpaired) electrons. The predicted octanol–water partition coefficient (Wildman–Crippen LogP) is 5.98. The molecule has 0 aliphatic carbocycles. The van der Waals surface area contributed by atoms with E-state index in [-0.39, 0.29) is 5.56 Å². The van der Waals surface area contributed by atoms with Gasteiger partial charge in [0.15, 0.2) is 0 Å². The summed E-state index contributed by atoms with van der Waals surface area (Å²) in [7, 11) is -1.98. The normalized spacial score (nSPS) is 12.7. The lowest BCUT2D eigenvalue weighted by atomic mass is 10.1. The molecule has 1 rings (SSSR count). The van der Waals surface area contributed by atoms with Crippen LogP contribution in [0.1, 0.15) is 52.7 Å². The summed E-state index contributed by atoms with van der Waals surface area (Å²) in [6.07, 6.45) is -4.46. The van der Waals surface area contributed by atoms with E-state index < -0.39 is 25.6 Å². The monoisotopic (exact) mass is 342 g/mol. The summed E-state index contributed by atoms with van der Waals surface area (Å²) in [6.45, 7) is 13.0. The van der Waals surface area contributed by atoms with Gasteiger partial charge in [-0.3, -0.25) is 0 Å². The standard InChI is InChI=1S/C18H25F3OSi/c1-12(2)23(13(3)4,14(5)6)10-9-15-7-8-16(11-17(15)22)18(19,20)21/h7-8,11-14,22H,1-6H3. The predicted molar refractivity (Wildman–Crippen MR) is 91.0 cm³/mol. The number of phenolic OH excluding ortho intramolecular Hbond substituents is 1. The Kier molecular flexibility index (Phi) is 5.98. The van der Waals surface area contributed by atoms with Crippen LogP contribution in [0.15, 0.2) is 18.2 Å². The summed E-state index contributed by atoms with van der Waals surface area (Å²) in [5, 5.41) is 9.88. The molecule has 0 saturated carbocycles. The maximum atomic E-state index is 12.7. The number of hydrogen-bond donors (Lipinski definition) is 1. The minimum Gasteiger partial charge on any atom is -0.507 e. The van der Waals surface area contributed by atoms with E-state index in [0.717, 1.165) is 12.1 Å². The third-order valence-corrected chi connectivity index (χ3v) is 10.9. The van der Waals surface area contributed by atoms with Crippen molar-refractivity contribution in [2.45, 2.75) is 64.3 Å². The molecule has 1 aromatic carbocycles. The topological polar surface area (TPSA) is 20.2 Å². The van der Waals surface area contributed by atoms with Crippen LogP contribution in [0.5, 0.6) is 5.75 Å². The number of benzene rings is 1. The largest absolute Gasteiger partial charge is 0.507 e. The van der Waals surface area contributed by atoms with Crippen molar-refractivity contribution in [1.82, 2.24) is 0 Å². The van der Waals surface area contributed by atoms with Crippen LogP contribution in [0.4, 0.5) is 13.2 Å². The van der Waals surface area contributed by atoms with E-state index in [2.05, 4.69) is 53.0 Å². The molecule has 0 bridgehead atoms. The molecular formula is C18H25F3OSi. The molecule has 0 saturated heterocycles. The summed E-state index contributed by atoms with van der Waals surface area (Å²) in [5.41, 5.74) is 4.06. The van der Waals surface area contributed by atoms with Crippen molar-refractivity contribution >= 4 is 8.07 Å². The van der Waals surface area contributed by atoms with Gasteiger partial charge in [-0.1, -0.05) is 47.5 Å². The van der Waals surface area contributed by atoms with Crippen LogP contribution in [-0.4, -0.2) is 13.2 Å². The van der Waals surface area contributed by atoms with Crippen LogP contribution in [0.3, 0.4) is 0 Å². The van der Waals surface area contributed by atoms with E-state index in [0.29, 0.717) is 16.6 Å². The van der Waals surface area contributed by atoms with Crippen molar-refractivity contribution in [3.8, 4) is 17.2 Å². The van der Waals surface area contributed by atoms with E-state index in [1.165, 1.54) is 6.07 Å². The van der Waals surface area contributed by atoms with Crippen LogP contribution in [0.2, 0.25) is 16.6 Å². The summed E-state index contributed by atoms with van der Waals surface area (Å²) in [5.74, 6) is 2.56. The molecule has 1 N–H and O–H groups in total. The Morgan fingerprint density at radius 3 is 1.78 bits per heavy atom. The van der Waals surface area contributed by atoms with E-state index in [9.17, 15) is 18.3 Å². The van der Waals surface area contributed by atoms with Crippen molar-refractivity contribution < 1.29 is 18.3 Å². The minimum atomic E-state index is -4.46. The number of alkyl halides is 3. The van der Waals surface area contributed by atoms with Gasteiger partial charge in [0, 0.05) is 0 Å². The molecule has 1 nitrogen and oxygen atoms in total. The highest BCUT2D eigenvalue weighted by molar-refractivity contribution is 6.90. The molecule has 0 atom stereocenters. The van der Waals surface area contributed by atoms with Crippen LogP contribution >= 0.6 is 0 Å². The Morgan fingerprint density at radius 1 is 0.957 bits per heavy atom. The summed E-state index contributed by atoms with van der Waals surface area (Å²) in [4.78, 5) is 0. The second-order valence-electron chi connectivity index (χ2n) is 6.88. The number of aromatic hydroxyl groups is 1. The van der Waals surface area contributed by atoms with Gasteiger partial charge in [-0.2, -0.15) is 13.2 Å². The summed E-state index contributed by atoms with van der Waals surface area (Å²) < 4.78 is 38.0. The van der Waals surface area contributed by atoms with Crippen molar-refractivity contribution in [2.24, 2.45) is 0 Å². The van der Waals surface area contributed by atoms with Crippen molar-refractivity contribution in [3.63, 3.8) is 0 Å². The van der Waals surface area contributed by atoms with Crippen molar-refractivity contribution in [3.05, 3.63) is 29.3 Å². The third-order valence-electron chi connectivity index (χ3n) is 4.60. The number of rotatable bonds is 3. The molecule has 128 valence electrons. The van der Waals surface area contributed by atoms with Gasteiger partial charge < -0.3 is 5.11 Å². The Balaban J connectivity index is 3.34. The highest BCUT2D eigenvalue weighted by Crippen LogP contribution is 2.41. The van der Waals surface area contributed by atoms with Crippen LogP contribution < -0.4 is 0 Å². The lowest BCUT2D eigenvalue weighted by molar-refractivity contribution is -0.137.